The molecule has 0 fully saturated rings. The maximum Gasteiger partial charge on any atom is 2.00 e. The molecule has 8 rings (SSSR count). The first-order chi connectivity index (χ1) is 28.3. The Labute approximate surface area is 349 Å². The zero-order chi connectivity index (χ0) is 40.9. The quantitative estimate of drug-likeness (QED) is 0.134. The summed E-state index contributed by atoms with van der Waals surface area (Å²) in [6.45, 7) is 3.06. The van der Waals surface area contributed by atoms with Crippen LogP contribution < -0.4 is 0 Å². The summed E-state index contributed by atoms with van der Waals surface area (Å²) in [5, 5.41) is 63.4. The van der Waals surface area contributed by atoms with E-state index >= 15 is 0 Å². The van der Waals surface area contributed by atoms with Crippen molar-refractivity contribution in [1.82, 2.24) is 39.1 Å². The minimum atomic E-state index is 0. The van der Waals surface area contributed by atoms with Crippen molar-refractivity contribution in [2.45, 2.75) is 13.8 Å². The van der Waals surface area contributed by atoms with Gasteiger partial charge in [-0.2, -0.15) is 41.4 Å². The van der Waals surface area contributed by atoms with E-state index in [2.05, 4.69) is 44.7 Å². The molecule has 0 saturated heterocycles. The molecule has 0 amide bonds. The van der Waals surface area contributed by atoms with Crippen LogP contribution in [-0.4, -0.2) is 44.9 Å². The smallest absolute Gasteiger partial charge is 0.654 e. The van der Waals surface area contributed by atoms with Crippen molar-refractivity contribution in [1.29, 1.82) is 21.0 Å². The van der Waals surface area contributed by atoms with Gasteiger partial charge in [-0.25, -0.2) is 18.7 Å². The second kappa shape index (κ2) is 19.9. The number of rotatable bonds is 8. The van der Waals surface area contributed by atoms with E-state index in [0.29, 0.717) is 67.8 Å². The van der Waals surface area contributed by atoms with Crippen LogP contribution in [0, 0.1) is 45.3 Å². The Balaban J connectivity index is 0.000000203. The normalized spacial score (nSPS) is 9.73. The molecule has 4 heterocycles. The van der Waals surface area contributed by atoms with Crippen LogP contribution in [0.2, 0.25) is 0 Å². The average molecular weight is 818 g/mol. The molecular formula is C43H30N14NiO. The van der Waals surface area contributed by atoms with Gasteiger partial charge in [-0.15, -0.1) is 22.7 Å². The van der Waals surface area contributed by atoms with Gasteiger partial charge in [0.25, 0.3) is 0 Å². The van der Waals surface area contributed by atoms with E-state index in [1.165, 1.54) is 13.8 Å². The molecule has 4 aromatic heterocycles. The van der Waals surface area contributed by atoms with Crippen molar-refractivity contribution in [2.75, 3.05) is 0 Å². The fourth-order valence-electron chi connectivity index (χ4n) is 5.39. The van der Waals surface area contributed by atoms with E-state index in [1.807, 2.05) is 0 Å². The number of ketones is 1. The number of nitrogens with zero attached hydrogens (tertiary/aromatic N) is 14. The van der Waals surface area contributed by atoms with Crippen molar-refractivity contribution >= 4 is 28.5 Å². The molecule has 0 saturated carbocycles. The SMILES string of the molecule is CC(C)=O.N#Cc1ccc([N-]c2ccc(C#N)cc2-n2cccn2)c(-n2cccn2)c1.N#Cc1ccc([N-]c2ccc(C#N)cc2-n2cccn2)c(-n2cccn2)c1.[Ni+2]. The molecule has 0 aliphatic heterocycles. The van der Waals surface area contributed by atoms with Gasteiger partial charge in [0.15, 0.2) is 0 Å². The summed E-state index contributed by atoms with van der Waals surface area (Å²) in [7, 11) is 0. The maximum absolute atomic E-state index is 9.44. The number of carbonyl (C=O) groups excluding carboxylic acids is 1. The van der Waals surface area contributed by atoms with E-state index in [0.717, 1.165) is 0 Å². The number of hydrogen-bond acceptors (Lipinski definition) is 9. The number of hydrogen-bond donors (Lipinski definition) is 0. The Morgan fingerprint density at radius 1 is 0.458 bits per heavy atom. The van der Waals surface area contributed by atoms with Crippen molar-refractivity contribution < 1.29 is 21.3 Å². The average Bonchev–Trinajstić information content (AvgIpc) is 4.11. The van der Waals surface area contributed by atoms with Crippen molar-refractivity contribution in [2.24, 2.45) is 0 Å². The zero-order valence-corrected chi connectivity index (χ0v) is 32.3. The monoisotopic (exact) mass is 816 g/mol. The third-order valence-corrected chi connectivity index (χ3v) is 7.90. The topological polar surface area (TPSA) is 212 Å². The van der Waals surface area contributed by atoms with Crippen molar-refractivity contribution in [3.05, 3.63) is 180 Å². The Morgan fingerprint density at radius 2 is 0.678 bits per heavy atom. The Kier molecular flexibility index (Phi) is 14.0. The molecule has 0 N–H and O–H groups in total. The van der Waals surface area contributed by atoms with Gasteiger partial charge >= 0.3 is 16.5 Å². The second-order valence-corrected chi connectivity index (χ2v) is 12.2. The van der Waals surface area contributed by atoms with E-state index < -0.39 is 0 Å². The summed E-state index contributed by atoms with van der Waals surface area (Å²) in [5.41, 5.74) is 7.43. The number of aromatic nitrogens is 8. The van der Waals surface area contributed by atoms with E-state index in [4.69, 9.17) is 10.6 Å². The summed E-state index contributed by atoms with van der Waals surface area (Å²) in [6, 6.07) is 36.7. The molecular weight excluding hydrogens is 787 g/mol. The van der Waals surface area contributed by atoms with Gasteiger partial charge in [0.1, 0.15) is 5.78 Å². The summed E-state index contributed by atoms with van der Waals surface area (Å²) >= 11 is 0. The first-order valence-corrected chi connectivity index (χ1v) is 17.4. The third kappa shape index (κ3) is 10.4. The molecule has 0 bridgehead atoms. The molecule has 8 aromatic rings. The first kappa shape index (κ1) is 41.6. The molecule has 16 heteroatoms. The van der Waals surface area contributed by atoms with Crippen LogP contribution in [-0.2, 0) is 21.3 Å². The fourth-order valence-corrected chi connectivity index (χ4v) is 5.39. The van der Waals surface area contributed by atoms with Gasteiger partial charge in [-0.1, -0.05) is 24.3 Å². The predicted molar refractivity (Wildman–Crippen MR) is 215 cm³/mol. The van der Waals surface area contributed by atoms with Crippen molar-refractivity contribution in [3.8, 4) is 47.0 Å². The van der Waals surface area contributed by atoms with Gasteiger partial charge < -0.3 is 15.4 Å². The maximum atomic E-state index is 9.44. The largest absolute Gasteiger partial charge is 2.00 e. The van der Waals surface area contributed by atoms with E-state index in [1.54, 1.807) is 165 Å². The standard InChI is InChI=1S/2C20H12N7.C3H6O.Ni/c2*21-13-15-3-5-17(19(11-15)26-9-1-7-23-26)25-18-6-4-16(14-22)12-20(18)27-10-2-8-24-27;1-3(2)4;/h2*1-12H;1-2H3;/q2*-1;;+2. The van der Waals surface area contributed by atoms with Crippen molar-refractivity contribution in [3.63, 3.8) is 0 Å². The number of carbonyl (C=O) groups is 1. The summed E-state index contributed by atoms with van der Waals surface area (Å²) < 4.78 is 6.65. The Bertz CT molecular complexity index is 2440. The van der Waals surface area contributed by atoms with E-state index in [9.17, 15) is 25.8 Å². The molecule has 0 spiro atoms. The Morgan fingerprint density at radius 3 is 0.847 bits per heavy atom. The summed E-state index contributed by atoms with van der Waals surface area (Å²) in [4.78, 5) is 9.44. The third-order valence-electron chi connectivity index (χ3n) is 7.90. The zero-order valence-electron chi connectivity index (χ0n) is 31.3. The second-order valence-electron chi connectivity index (χ2n) is 12.2. The molecule has 0 aliphatic carbocycles. The van der Waals surface area contributed by atoms with Crippen LogP contribution in [0.1, 0.15) is 36.1 Å². The van der Waals surface area contributed by atoms with Crippen LogP contribution in [0.15, 0.2) is 147 Å². The molecule has 0 radical (unpaired) electrons. The number of Topliss-reactive ketones (excluding diaryl/α,β-unsaturated/α-hetero) is 1. The molecule has 15 nitrogen and oxygen atoms in total. The molecule has 0 unspecified atom stereocenters. The summed E-state index contributed by atoms with van der Waals surface area (Å²) in [5.74, 6) is 0.167. The van der Waals surface area contributed by atoms with Crippen LogP contribution >= 0.6 is 0 Å². The van der Waals surface area contributed by atoms with Crippen LogP contribution in [0.5, 0.6) is 0 Å². The molecule has 4 aromatic carbocycles. The predicted octanol–water partition coefficient (Wildman–Crippen LogP) is 8.87. The molecule has 288 valence electrons. The summed E-state index contributed by atoms with van der Waals surface area (Å²) in [6.07, 6.45) is 13.8. The van der Waals surface area contributed by atoms with E-state index in [-0.39, 0.29) is 22.3 Å². The van der Waals surface area contributed by atoms with Crippen LogP contribution in [0.3, 0.4) is 0 Å². The Hall–Kier alpha value is -8.56. The van der Waals surface area contributed by atoms with Gasteiger partial charge in [0.05, 0.1) is 69.3 Å². The first-order valence-electron chi connectivity index (χ1n) is 17.4. The van der Waals surface area contributed by atoms with Crippen LogP contribution in [0.4, 0.5) is 22.7 Å². The molecule has 0 atom stereocenters. The minimum absolute atomic E-state index is 0. The van der Waals surface area contributed by atoms with Gasteiger partial charge in [0.2, 0.25) is 0 Å². The van der Waals surface area contributed by atoms with Gasteiger partial charge in [-0.05, 0) is 86.6 Å². The number of benzene rings is 4. The minimum Gasteiger partial charge on any atom is -0.654 e. The molecule has 0 aliphatic rings. The number of nitriles is 4. The molecule has 59 heavy (non-hydrogen) atoms. The van der Waals surface area contributed by atoms with Crippen LogP contribution in [0.25, 0.3) is 33.4 Å². The fraction of sp³-hybridized carbons (Fsp3) is 0.0465. The van der Waals surface area contributed by atoms with Gasteiger partial charge in [-0.3, -0.25) is 0 Å². The van der Waals surface area contributed by atoms with Gasteiger partial charge in [0, 0.05) is 49.6 Å².